The largest absolute Gasteiger partial charge is 0.310 e. The maximum atomic E-state index is 12.6. The Morgan fingerprint density at radius 3 is 2.66 bits per heavy atom. The first-order valence-corrected chi connectivity index (χ1v) is 11.1. The van der Waals surface area contributed by atoms with Crippen molar-refractivity contribution in [2.24, 2.45) is 0 Å². The standard InChI is InChI=1S/C22H25ClN6O2.ClH/c1-14-18(23)8-15(9-24-14)10-25-16-4-6-27(7-5-16)12-17-13-28-21(31)11-26-19-2-3-20(30)29(17)22(19)28;/h2-3,8-9,11,16-17,25H,4-7,10,12-13H2,1H3;1H/t17-;/m1./s1. The van der Waals surface area contributed by atoms with Crippen molar-refractivity contribution in [3.63, 3.8) is 0 Å². The summed E-state index contributed by atoms with van der Waals surface area (Å²) in [5.41, 5.74) is 3.05. The van der Waals surface area contributed by atoms with Crippen LogP contribution >= 0.6 is 24.0 Å². The Kier molecular flexibility index (Phi) is 6.67. The Morgan fingerprint density at radius 1 is 1.12 bits per heavy atom. The zero-order chi connectivity index (χ0) is 21.5. The number of aromatic nitrogens is 4. The smallest absolute Gasteiger partial charge is 0.270 e. The summed E-state index contributed by atoms with van der Waals surface area (Å²) in [6, 6.07) is 5.61. The molecule has 0 radical (unpaired) electrons. The first-order valence-electron chi connectivity index (χ1n) is 10.7. The average molecular weight is 477 g/mol. The van der Waals surface area contributed by atoms with Crippen LogP contribution in [0.5, 0.6) is 0 Å². The van der Waals surface area contributed by atoms with E-state index < -0.39 is 0 Å². The van der Waals surface area contributed by atoms with Gasteiger partial charge in [-0.25, -0.2) is 4.98 Å². The van der Waals surface area contributed by atoms with Crippen molar-refractivity contribution in [3.8, 4) is 0 Å². The third-order valence-corrected chi connectivity index (χ3v) is 6.79. The molecule has 0 spiro atoms. The Morgan fingerprint density at radius 2 is 1.91 bits per heavy atom. The second kappa shape index (κ2) is 9.31. The molecule has 0 unspecified atom stereocenters. The molecule has 170 valence electrons. The third kappa shape index (κ3) is 4.32. The van der Waals surface area contributed by atoms with Crippen LogP contribution in [0.15, 0.2) is 40.2 Å². The first kappa shape index (κ1) is 22.9. The van der Waals surface area contributed by atoms with Crippen molar-refractivity contribution in [2.45, 2.75) is 44.9 Å². The minimum atomic E-state index is -0.150. The topological polar surface area (TPSA) is 85.1 Å². The summed E-state index contributed by atoms with van der Waals surface area (Å²) in [7, 11) is 0. The van der Waals surface area contributed by atoms with Crippen LogP contribution in [0.25, 0.3) is 11.2 Å². The Bertz CT molecular complexity index is 1240. The quantitative estimate of drug-likeness (QED) is 0.607. The third-order valence-electron chi connectivity index (χ3n) is 6.41. The normalized spacial score (nSPS) is 18.8. The number of nitrogens with zero attached hydrogens (tertiary/aromatic N) is 5. The molecular formula is C22H26Cl2N6O2. The lowest BCUT2D eigenvalue weighted by atomic mass is 10.0. The molecule has 0 saturated carbocycles. The number of hydrogen-bond donors (Lipinski definition) is 1. The summed E-state index contributed by atoms with van der Waals surface area (Å²) in [4.78, 5) is 35.7. The molecule has 32 heavy (non-hydrogen) atoms. The molecule has 2 aliphatic heterocycles. The summed E-state index contributed by atoms with van der Waals surface area (Å²) in [6.45, 7) is 5.84. The van der Waals surface area contributed by atoms with E-state index >= 15 is 0 Å². The molecule has 3 aromatic rings. The summed E-state index contributed by atoms with van der Waals surface area (Å²) in [5.74, 6) is 0. The van der Waals surface area contributed by atoms with Gasteiger partial charge < -0.3 is 10.2 Å². The summed E-state index contributed by atoms with van der Waals surface area (Å²) >= 11 is 6.17. The number of aryl methyl sites for hydroxylation is 1. The molecule has 5 rings (SSSR count). The van der Waals surface area contributed by atoms with Gasteiger partial charge in [-0.15, -0.1) is 12.4 Å². The van der Waals surface area contributed by atoms with E-state index in [9.17, 15) is 9.59 Å². The highest BCUT2D eigenvalue weighted by molar-refractivity contribution is 6.31. The number of pyridine rings is 2. The Labute approximate surface area is 196 Å². The molecule has 8 nitrogen and oxygen atoms in total. The second-order valence-electron chi connectivity index (χ2n) is 8.48. The number of nitrogens with one attached hydrogen (secondary N) is 1. The number of halogens is 2. The highest BCUT2D eigenvalue weighted by atomic mass is 35.5. The van der Waals surface area contributed by atoms with Gasteiger partial charge in [0, 0.05) is 37.9 Å². The van der Waals surface area contributed by atoms with E-state index in [0.717, 1.165) is 50.3 Å². The fraction of sp³-hybridized carbons (Fsp3) is 0.455. The number of likely N-dealkylation sites (tertiary alicyclic amines) is 1. The number of hydrogen-bond acceptors (Lipinski definition) is 6. The molecule has 3 aromatic heterocycles. The highest BCUT2D eigenvalue weighted by Crippen LogP contribution is 2.24. The first-order chi connectivity index (χ1) is 15.0. The maximum absolute atomic E-state index is 12.6. The molecule has 0 aromatic carbocycles. The molecule has 2 aliphatic rings. The minimum Gasteiger partial charge on any atom is -0.310 e. The van der Waals surface area contributed by atoms with Gasteiger partial charge in [0.15, 0.2) is 0 Å². The monoisotopic (exact) mass is 476 g/mol. The summed E-state index contributed by atoms with van der Waals surface area (Å²) in [6.07, 6.45) is 5.28. The van der Waals surface area contributed by atoms with Crippen LogP contribution < -0.4 is 16.4 Å². The minimum absolute atomic E-state index is 0. The van der Waals surface area contributed by atoms with Gasteiger partial charge in [-0.05, 0) is 50.6 Å². The Balaban J connectivity index is 0.00000245. The highest BCUT2D eigenvalue weighted by Gasteiger charge is 2.29. The molecule has 10 heteroatoms. The van der Waals surface area contributed by atoms with Crippen molar-refractivity contribution in [2.75, 3.05) is 19.6 Å². The molecule has 0 bridgehead atoms. The average Bonchev–Trinajstić information content (AvgIpc) is 3.15. The van der Waals surface area contributed by atoms with E-state index in [1.807, 2.05) is 19.2 Å². The SMILES string of the molecule is Cc1ncc(CNC2CCN(C[C@@H]3Cn4c(=O)cnc5ccc(=O)n3c54)CC2)cc1Cl.Cl. The van der Waals surface area contributed by atoms with Crippen LogP contribution in [-0.4, -0.2) is 49.7 Å². The molecular weight excluding hydrogens is 451 g/mol. The number of piperidine rings is 1. The van der Waals surface area contributed by atoms with E-state index in [2.05, 4.69) is 20.2 Å². The van der Waals surface area contributed by atoms with E-state index in [1.54, 1.807) is 21.3 Å². The zero-order valence-corrected chi connectivity index (χ0v) is 19.4. The molecule has 0 aliphatic carbocycles. The molecule has 1 atom stereocenters. The zero-order valence-electron chi connectivity index (χ0n) is 17.8. The van der Waals surface area contributed by atoms with Crippen LogP contribution in [0.3, 0.4) is 0 Å². The molecule has 0 amide bonds. The fourth-order valence-corrected chi connectivity index (χ4v) is 4.87. The van der Waals surface area contributed by atoms with Crippen molar-refractivity contribution >= 4 is 35.2 Å². The molecule has 5 heterocycles. The van der Waals surface area contributed by atoms with Crippen molar-refractivity contribution < 1.29 is 0 Å². The van der Waals surface area contributed by atoms with Gasteiger partial charge in [-0.1, -0.05) is 11.6 Å². The van der Waals surface area contributed by atoms with Crippen molar-refractivity contribution in [3.05, 3.63) is 67.6 Å². The van der Waals surface area contributed by atoms with E-state index in [4.69, 9.17) is 11.6 Å². The number of rotatable bonds is 5. The van der Waals surface area contributed by atoms with Crippen LogP contribution in [0.1, 0.15) is 30.1 Å². The predicted molar refractivity (Wildman–Crippen MR) is 127 cm³/mol. The van der Waals surface area contributed by atoms with Crippen LogP contribution in [-0.2, 0) is 13.1 Å². The van der Waals surface area contributed by atoms with Gasteiger partial charge >= 0.3 is 0 Å². The van der Waals surface area contributed by atoms with Gasteiger partial charge in [0.25, 0.3) is 11.1 Å². The van der Waals surface area contributed by atoms with Crippen LogP contribution in [0.4, 0.5) is 0 Å². The lowest BCUT2D eigenvalue weighted by molar-refractivity contribution is 0.171. The van der Waals surface area contributed by atoms with Crippen LogP contribution in [0.2, 0.25) is 5.02 Å². The molecule has 1 N–H and O–H groups in total. The molecule has 1 fully saturated rings. The van der Waals surface area contributed by atoms with Gasteiger partial charge in [-0.3, -0.25) is 23.7 Å². The summed E-state index contributed by atoms with van der Waals surface area (Å²) in [5, 5.41) is 4.31. The summed E-state index contributed by atoms with van der Waals surface area (Å²) < 4.78 is 3.44. The van der Waals surface area contributed by atoms with Gasteiger partial charge in [0.2, 0.25) is 0 Å². The Hall–Kier alpha value is -2.26. The fourth-order valence-electron chi connectivity index (χ4n) is 4.68. The van der Waals surface area contributed by atoms with E-state index in [-0.39, 0.29) is 29.6 Å². The maximum Gasteiger partial charge on any atom is 0.270 e. The predicted octanol–water partition coefficient (Wildman–Crippen LogP) is 2.15. The van der Waals surface area contributed by atoms with Gasteiger partial charge in [0.05, 0.1) is 23.0 Å². The lowest BCUT2D eigenvalue weighted by Crippen LogP contribution is -2.44. The van der Waals surface area contributed by atoms with E-state index in [0.29, 0.717) is 28.8 Å². The van der Waals surface area contributed by atoms with Gasteiger partial charge in [-0.2, -0.15) is 0 Å². The molecule has 1 saturated heterocycles. The van der Waals surface area contributed by atoms with Gasteiger partial charge in [0.1, 0.15) is 11.2 Å². The van der Waals surface area contributed by atoms with Crippen molar-refractivity contribution in [1.29, 1.82) is 0 Å². The van der Waals surface area contributed by atoms with Crippen molar-refractivity contribution in [1.82, 2.24) is 29.3 Å². The second-order valence-corrected chi connectivity index (χ2v) is 8.89. The lowest BCUT2D eigenvalue weighted by Gasteiger charge is -2.34. The van der Waals surface area contributed by atoms with E-state index in [1.165, 1.54) is 6.20 Å². The van der Waals surface area contributed by atoms with Crippen LogP contribution in [0, 0.1) is 6.92 Å².